The lowest BCUT2D eigenvalue weighted by molar-refractivity contribution is 0.490. The average molecular weight is 170 g/mol. The smallest absolute Gasteiger partial charge is 0.261 e. The van der Waals surface area contributed by atoms with E-state index in [9.17, 15) is 8.42 Å². The van der Waals surface area contributed by atoms with E-state index in [0.717, 1.165) is 0 Å². The largest absolute Gasteiger partial charge is 0.329 e. The van der Waals surface area contributed by atoms with Crippen molar-refractivity contribution >= 4 is 10.1 Å². The summed E-state index contributed by atoms with van der Waals surface area (Å²) in [7, 11) is -3.67. The highest BCUT2D eigenvalue weighted by Crippen LogP contribution is 1.60. The zero-order valence-electron chi connectivity index (χ0n) is 6.11. The summed E-state index contributed by atoms with van der Waals surface area (Å²) in [5.74, 6) is 0. The van der Waals surface area contributed by atoms with Gasteiger partial charge >= 0.3 is 0 Å². The van der Waals surface area contributed by atoms with Crippen LogP contribution in [-0.2, 0) is 10.1 Å². The normalized spacial score (nSPS) is 13.3. The van der Waals surface area contributed by atoms with E-state index in [2.05, 4.69) is 0 Å². The van der Waals surface area contributed by atoms with Crippen LogP contribution in [0.15, 0.2) is 0 Å². The summed E-state index contributed by atoms with van der Waals surface area (Å²) in [6.07, 6.45) is 0.715. The van der Waals surface area contributed by atoms with Gasteiger partial charge < -0.3 is 11.5 Å². The van der Waals surface area contributed by atoms with Gasteiger partial charge in [-0.15, -0.1) is 0 Å². The summed E-state index contributed by atoms with van der Waals surface area (Å²) in [6.45, 7) is 2.46. The Morgan fingerprint density at radius 3 is 1.70 bits per heavy atom. The Morgan fingerprint density at radius 2 is 1.70 bits per heavy atom. The molecule has 1 unspecified atom stereocenters. The Morgan fingerprint density at radius 1 is 1.60 bits per heavy atom. The zero-order valence-corrected chi connectivity index (χ0v) is 6.93. The van der Waals surface area contributed by atoms with Crippen molar-refractivity contribution in [2.75, 3.05) is 12.8 Å². The molecule has 0 bridgehead atoms. The second-order valence-corrected chi connectivity index (χ2v) is 3.41. The van der Waals surface area contributed by atoms with Gasteiger partial charge in [-0.3, -0.25) is 4.55 Å². The van der Waals surface area contributed by atoms with Crippen LogP contribution >= 0.6 is 0 Å². The van der Waals surface area contributed by atoms with E-state index in [1.54, 1.807) is 0 Å². The third-order valence-electron chi connectivity index (χ3n) is 0.372. The lowest BCUT2D eigenvalue weighted by Crippen LogP contribution is -2.25. The van der Waals surface area contributed by atoms with Gasteiger partial charge in [0.05, 0.1) is 6.26 Å². The van der Waals surface area contributed by atoms with Gasteiger partial charge in [0.15, 0.2) is 0 Å². The maximum Gasteiger partial charge on any atom is 0.261 e. The number of nitrogens with two attached hydrogens (primary N) is 2. The van der Waals surface area contributed by atoms with Gasteiger partial charge in [-0.1, -0.05) is 0 Å². The van der Waals surface area contributed by atoms with Gasteiger partial charge in [0.1, 0.15) is 0 Å². The van der Waals surface area contributed by atoms with Crippen molar-refractivity contribution < 1.29 is 13.0 Å². The molecule has 1 atom stereocenters. The third-order valence-corrected chi connectivity index (χ3v) is 0.372. The first-order valence-corrected chi connectivity index (χ1v) is 4.50. The van der Waals surface area contributed by atoms with Crippen molar-refractivity contribution in [2.24, 2.45) is 11.5 Å². The van der Waals surface area contributed by atoms with E-state index in [0.29, 0.717) is 12.8 Å². The van der Waals surface area contributed by atoms with E-state index in [4.69, 9.17) is 16.0 Å². The monoisotopic (exact) mass is 170 g/mol. The van der Waals surface area contributed by atoms with Gasteiger partial charge in [0.2, 0.25) is 0 Å². The molecule has 0 fully saturated rings. The quantitative estimate of drug-likeness (QED) is 0.428. The van der Waals surface area contributed by atoms with Gasteiger partial charge in [-0.25, -0.2) is 0 Å². The van der Waals surface area contributed by atoms with Crippen molar-refractivity contribution in [3.05, 3.63) is 0 Å². The first-order chi connectivity index (χ1) is 4.27. The molecule has 0 radical (unpaired) electrons. The summed E-state index contributed by atoms with van der Waals surface area (Å²) in [5.41, 5.74) is 10.2. The van der Waals surface area contributed by atoms with Crippen molar-refractivity contribution in [3.63, 3.8) is 0 Å². The standard InChI is InChI=1S/C3H10N2.CH4O3S/c1-3(5)2-4;1-5(2,3)4/h3H,2,4-5H2,1H3;1H3,(H,2,3,4). The highest BCUT2D eigenvalue weighted by Gasteiger charge is 1.81. The van der Waals surface area contributed by atoms with E-state index >= 15 is 0 Å². The first kappa shape index (κ1) is 12.5. The molecule has 0 aliphatic heterocycles. The molecule has 0 rings (SSSR count). The molecule has 0 saturated carbocycles. The predicted octanol–water partition coefficient (Wildman–Crippen LogP) is -1.20. The molecule has 0 amide bonds. The highest BCUT2D eigenvalue weighted by molar-refractivity contribution is 7.85. The third kappa shape index (κ3) is 109. The van der Waals surface area contributed by atoms with Crippen LogP contribution in [0.4, 0.5) is 0 Å². The molecule has 0 aliphatic rings. The van der Waals surface area contributed by atoms with Crippen molar-refractivity contribution in [1.29, 1.82) is 0 Å². The molecule has 0 spiro atoms. The van der Waals surface area contributed by atoms with Gasteiger partial charge in [0, 0.05) is 12.6 Å². The minimum Gasteiger partial charge on any atom is -0.329 e. The minimum absolute atomic E-state index is 0.162. The number of hydrogen-bond donors (Lipinski definition) is 3. The van der Waals surface area contributed by atoms with Gasteiger partial charge in [0.25, 0.3) is 10.1 Å². The lowest BCUT2D eigenvalue weighted by Gasteiger charge is -1.92. The molecule has 10 heavy (non-hydrogen) atoms. The molecule has 64 valence electrons. The summed E-state index contributed by atoms with van der Waals surface area (Å²) in [6, 6.07) is 0.162. The van der Waals surface area contributed by atoms with E-state index < -0.39 is 10.1 Å². The van der Waals surface area contributed by atoms with Crippen LogP contribution in [0.5, 0.6) is 0 Å². The zero-order chi connectivity index (χ0) is 8.78. The summed E-state index contributed by atoms with van der Waals surface area (Å²) in [4.78, 5) is 0. The van der Waals surface area contributed by atoms with E-state index in [-0.39, 0.29) is 6.04 Å². The Bertz CT molecular complexity index is 144. The molecule has 0 aliphatic carbocycles. The maximum atomic E-state index is 9.19. The van der Waals surface area contributed by atoms with E-state index in [1.165, 1.54) is 0 Å². The predicted molar refractivity (Wildman–Crippen MR) is 40.2 cm³/mol. The van der Waals surface area contributed by atoms with Crippen LogP contribution in [0, 0.1) is 0 Å². The van der Waals surface area contributed by atoms with Crippen LogP contribution in [0.3, 0.4) is 0 Å². The molecule has 0 saturated heterocycles. The van der Waals surface area contributed by atoms with Crippen molar-refractivity contribution in [1.82, 2.24) is 0 Å². The Balaban J connectivity index is 0. The summed E-state index contributed by atoms with van der Waals surface area (Å²) in [5, 5.41) is 0. The summed E-state index contributed by atoms with van der Waals surface area (Å²) < 4.78 is 25.9. The fourth-order valence-corrected chi connectivity index (χ4v) is 0. The van der Waals surface area contributed by atoms with Crippen LogP contribution < -0.4 is 11.5 Å². The van der Waals surface area contributed by atoms with Crippen molar-refractivity contribution in [2.45, 2.75) is 13.0 Å². The van der Waals surface area contributed by atoms with Crippen LogP contribution in [-0.4, -0.2) is 31.8 Å². The number of hydrogen-bond acceptors (Lipinski definition) is 4. The van der Waals surface area contributed by atoms with Crippen LogP contribution in [0.1, 0.15) is 6.92 Å². The van der Waals surface area contributed by atoms with E-state index in [1.807, 2.05) is 6.92 Å². The molecule has 0 aromatic carbocycles. The van der Waals surface area contributed by atoms with Gasteiger partial charge in [-0.2, -0.15) is 8.42 Å². The Hall–Kier alpha value is -0.170. The Kier molecular flexibility index (Phi) is 7.00. The molecular weight excluding hydrogens is 156 g/mol. The first-order valence-electron chi connectivity index (χ1n) is 2.65. The van der Waals surface area contributed by atoms with Gasteiger partial charge in [-0.05, 0) is 6.92 Å². The summed E-state index contributed by atoms with van der Waals surface area (Å²) >= 11 is 0. The second kappa shape index (κ2) is 5.60. The fourth-order valence-electron chi connectivity index (χ4n) is 0. The Labute approximate surface area is 61.1 Å². The second-order valence-electron chi connectivity index (χ2n) is 1.95. The molecule has 0 aromatic rings. The molecule has 0 aromatic heterocycles. The fraction of sp³-hybridized carbons (Fsp3) is 1.00. The minimum atomic E-state index is -3.67. The topological polar surface area (TPSA) is 106 Å². The SMILES string of the molecule is CC(N)CN.CS(=O)(=O)O. The molecule has 0 heterocycles. The highest BCUT2D eigenvalue weighted by atomic mass is 32.2. The molecule has 5 nitrogen and oxygen atoms in total. The average Bonchev–Trinajstić information content (AvgIpc) is 1.61. The molecular formula is C4H14N2O3S. The maximum absolute atomic E-state index is 9.19. The van der Waals surface area contributed by atoms with Crippen molar-refractivity contribution in [3.8, 4) is 0 Å². The van der Waals surface area contributed by atoms with Crippen LogP contribution in [0.2, 0.25) is 0 Å². The lowest BCUT2D eigenvalue weighted by atomic mass is 10.4. The molecule has 6 heteroatoms. The number of rotatable bonds is 1. The molecule has 5 N–H and O–H groups in total. The van der Waals surface area contributed by atoms with Crippen LogP contribution in [0.25, 0.3) is 0 Å².